The Morgan fingerprint density at radius 2 is 1.89 bits per heavy atom. The first-order chi connectivity index (χ1) is 12.5. The summed E-state index contributed by atoms with van der Waals surface area (Å²) in [6.45, 7) is 11.5. The fourth-order valence-corrected chi connectivity index (χ4v) is 5.76. The van der Waals surface area contributed by atoms with Gasteiger partial charge in [0.2, 0.25) is 0 Å². The van der Waals surface area contributed by atoms with Crippen LogP contribution >= 0.6 is 0 Å². The predicted octanol–water partition coefficient (Wildman–Crippen LogP) is 5.52. The molecule has 27 heavy (non-hydrogen) atoms. The molecule has 0 heterocycles. The van der Waals surface area contributed by atoms with Crippen molar-refractivity contribution in [3.8, 4) is 0 Å². The molecule has 156 valence electrons. The van der Waals surface area contributed by atoms with Gasteiger partial charge < -0.3 is 14.6 Å². The van der Waals surface area contributed by atoms with Gasteiger partial charge in [-0.25, -0.2) is 0 Å². The molecule has 3 atom stereocenters. The lowest BCUT2D eigenvalue weighted by Gasteiger charge is -2.42. The molecule has 0 bridgehead atoms. The number of hydrogen-bond donors (Lipinski definition) is 2. The summed E-state index contributed by atoms with van der Waals surface area (Å²) in [5.74, 6) is -0.423. The average molecular weight is 397 g/mol. The molecule has 1 saturated carbocycles. The number of carboxylic acids is 1. The maximum Gasteiger partial charge on any atom is 0.304 e. The van der Waals surface area contributed by atoms with E-state index in [0.29, 0.717) is 12.3 Å². The zero-order valence-corrected chi connectivity index (χ0v) is 19.0. The summed E-state index contributed by atoms with van der Waals surface area (Å²) in [6.07, 6.45) is 10.6. The molecule has 0 radical (unpaired) electrons. The third kappa shape index (κ3) is 6.16. The van der Waals surface area contributed by atoms with Gasteiger partial charge in [0.25, 0.3) is 0 Å². The van der Waals surface area contributed by atoms with Crippen LogP contribution < -0.4 is 0 Å². The standard InChI is InChI=1S/C22H40O4Si/c1-22(2,3)27(4,5)26-20(17-9-7-6-8-10-17)14-12-16-11-13-19(23)18(16)15-21(24)25/h11,17-20,23H,6-10,12-15H2,1-5H3,(H,24,25)/t18-,19+,20+/m1/s1. The Balaban J connectivity index is 2.06. The van der Waals surface area contributed by atoms with Crippen molar-refractivity contribution in [1.82, 2.24) is 0 Å². The number of carbonyl (C=O) groups is 1. The third-order valence-corrected chi connectivity index (χ3v) is 11.6. The lowest BCUT2D eigenvalue weighted by Crippen LogP contribution is -2.46. The highest BCUT2D eigenvalue weighted by Crippen LogP contribution is 2.41. The zero-order chi connectivity index (χ0) is 20.2. The van der Waals surface area contributed by atoms with Crippen LogP contribution in [0.2, 0.25) is 18.1 Å². The van der Waals surface area contributed by atoms with Crippen molar-refractivity contribution in [3.63, 3.8) is 0 Å². The molecule has 0 aromatic rings. The van der Waals surface area contributed by atoms with Crippen LogP contribution in [0.25, 0.3) is 0 Å². The highest BCUT2D eigenvalue weighted by molar-refractivity contribution is 6.74. The van der Waals surface area contributed by atoms with Gasteiger partial charge >= 0.3 is 5.97 Å². The van der Waals surface area contributed by atoms with Gasteiger partial charge in [0.05, 0.1) is 12.5 Å². The quantitative estimate of drug-likeness (QED) is 0.419. The Labute approximate surface area is 166 Å². The van der Waals surface area contributed by atoms with Crippen molar-refractivity contribution < 1.29 is 19.4 Å². The Bertz CT molecular complexity index is 529. The molecule has 1 fully saturated rings. The minimum atomic E-state index is -1.85. The molecule has 0 saturated heterocycles. The third-order valence-electron chi connectivity index (χ3n) is 7.10. The van der Waals surface area contributed by atoms with Gasteiger partial charge in [-0.3, -0.25) is 4.79 Å². The van der Waals surface area contributed by atoms with E-state index in [4.69, 9.17) is 4.43 Å². The van der Waals surface area contributed by atoms with Crippen LogP contribution in [-0.4, -0.2) is 36.7 Å². The minimum Gasteiger partial charge on any atom is -0.481 e. The summed E-state index contributed by atoms with van der Waals surface area (Å²) in [5.41, 5.74) is 1.13. The Kier molecular flexibility index (Phi) is 7.74. The van der Waals surface area contributed by atoms with Crippen molar-refractivity contribution in [1.29, 1.82) is 0 Å². The van der Waals surface area contributed by atoms with E-state index in [1.165, 1.54) is 32.1 Å². The van der Waals surface area contributed by atoms with Crippen LogP contribution in [0.1, 0.15) is 78.6 Å². The molecule has 2 aliphatic carbocycles. The summed E-state index contributed by atoms with van der Waals surface area (Å²) in [4.78, 5) is 11.2. The smallest absolute Gasteiger partial charge is 0.304 e. The first kappa shape index (κ1) is 22.6. The van der Waals surface area contributed by atoms with E-state index >= 15 is 0 Å². The van der Waals surface area contributed by atoms with Crippen molar-refractivity contribution in [2.75, 3.05) is 0 Å². The molecule has 0 aromatic carbocycles. The van der Waals surface area contributed by atoms with Crippen molar-refractivity contribution >= 4 is 14.3 Å². The van der Waals surface area contributed by atoms with Crippen LogP contribution in [-0.2, 0) is 9.22 Å². The van der Waals surface area contributed by atoms with Gasteiger partial charge in [0.1, 0.15) is 0 Å². The SMILES string of the molecule is CC(C)(C)[Si](C)(C)O[C@@H](CCC1=CC[C@H](O)[C@@H]1CC(=O)O)C1CCCCC1. The lowest BCUT2D eigenvalue weighted by molar-refractivity contribution is -0.138. The molecule has 0 aliphatic heterocycles. The molecule has 0 aromatic heterocycles. The van der Waals surface area contributed by atoms with Gasteiger partial charge in [-0.15, -0.1) is 0 Å². The van der Waals surface area contributed by atoms with E-state index in [1.54, 1.807) is 0 Å². The van der Waals surface area contributed by atoms with Crippen LogP contribution in [0.15, 0.2) is 11.6 Å². The maximum atomic E-state index is 11.2. The lowest BCUT2D eigenvalue weighted by atomic mass is 9.82. The van der Waals surface area contributed by atoms with E-state index in [-0.39, 0.29) is 23.5 Å². The van der Waals surface area contributed by atoms with E-state index < -0.39 is 20.4 Å². The highest BCUT2D eigenvalue weighted by atomic mass is 28.4. The number of carboxylic acid groups (broad SMARTS) is 1. The number of hydrogen-bond acceptors (Lipinski definition) is 3. The molecule has 2 N–H and O–H groups in total. The Morgan fingerprint density at radius 1 is 1.26 bits per heavy atom. The van der Waals surface area contributed by atoms with E-state index in [9.17, 15) is 15.0 Å². The fraction of sp³-hybridized carbons (Fsp3) is 0.864. The topological polar surface area (TPSA) is 66.8 Å². The van der Waals surface area contributed by atoms with E-state index in [2.05, 4.69) is 39.9 Å². The molecule has 2 aliphatic rings. The van der Waals surface area contributed by atoms with Gasteiger partial charge in [-0.1, -0.05) is 51.7 Å². The Hall–Kier alpha value is -0.653. The monoisotopic (exact) mass is 396 g/mol. The maximum absolute atomic E-state index is 11.2. The molecule has 2 rings (SSSR count). The zero-order valence-electron chi connectivity index (χ0n) is 18.0. The molecule has 5 heteroatoms. The average Bonchev–Trinajstić information content (AvgIpc) is 2.91. The van der Waals surface area contributed by atoms with Crippen molar-refractivity contribution in [3.05, 3.63) is 11.6 Å². The molecule has 0 spiro atoms. The summed E-state index contributed by atoms with van der Waals surface area (Å²) in [5, 5.41) is 19.5. The number of aliphatic hydroxyl groups is 1. The number of aliphatic carboxylic acids is 1. The second-order valence-corrected chi connectivity index (χ2v) is 14.9. The van der Waals surface area contributed by atoms with Crippen LogP contribution in [0, 0.1) is 11.8 Å². The van der Waals surface area contributed by atoms with Gasteiger partial charge in [0.15, 0.2) is 8.32 Å². The predicted molar refractivity (Wildman–Crippen MR) is 112 cm³/mol. The van der Waals surface area contributed by atoms with Crippen LogP contribution in [0.5, 0.6) is 0 Å². The molecule has 4 nitrogen and oxygen atoms in total. The largest absolute Gasteiger partial charge is 0.481 e. The molecule has 0 amide bonds. The molecular weight excluding hydrogens is 356 g/mol. The summed E-state index contributed by atoms with van der Waals surface area (Å²) in [6, 6.07) is 0. The Morgan fingerprint density at radius 3 is 2.44 bits per heavy atom. The van der Waals surface area contributed by atoms with E-state index in [1.807, 2.05) is 0 Å². The highest BCUT2D eigenvalue weighted by Gasteiger charge is 2.41. The molecular formula is C22H40O4Si. The van der Waals surface area contributed by atoms with Crippen LogP contribution in [0.4, 0.5) is 0 Å². The second kappa shape index (κ2) is 9.23. The van der Waals surface area contributed by atoms with Crippen molar-refractivity contribution in [2.45, 2.75) is 109 Å². The van der Waals surface area contributed by atoms with Gasteiger partial charge in [0, 0.05) is 12.0 Å². The minimum absolute atomic E-state index is 0.0319. The van der Waals surface area contributed by atoms with Crippen molar-refractivity contribution in [2.24, 2.45) is 11.8 Å². The van der Waals surface area contributed by atoms with E-state index in [0.717, 1.165) is 18.4 Å². The fourth-order valence-electron chi connectivity index (χ4n) is 4.34. The first-order valence-corrected chi connectivity index (χ1v) is 13.7. The summed E-state index contributed by atoms with van der Waals surface area (Å²) < 4.78 is 6.88. The van der Waals surface area contributed by atoms with Crippen LogP contribution in [0.3, 0.4) is 0 Å². The summed E-state index contributed by atoms with van der Waals surface area (Å²) in [7, 11) is -1.85. The van der Waals surface area contributed by atoms with Gasteiger partial charge in [-0.05, 0) is 56.2 Å². The molecule has 0 unspecified atom stereocenters. The summed E-state index contributed by atoms with van der Waals surface area (Å²) >= 11 is 0. The normalized spacial score (nSPS) is 26.1. The number of rotatable bonds is 8. The second-order valence-electron chi connectivity index (χ2n) is 10.1. The first-order valence-electron chi connectivity index (χ1n) is 10.8. The van der Waals surface area contributed by atoms with Gasteiger partial charge in [-0.2, -0.15) is 0 Å². The number of aliphatic hydroxyl groups excluding tert-OH is 1.